The van der Waals surface area contributed by atoms with Gasteiger partial charge in [0.2, 0.25) is 5.89 Å². The first-order valence-electron chi connectivity index (χ1n) is 7.67. The van der Waals surface area contributed by atoms with Gasteiger partial charge in [0, 0.05) is 5.92 Å². The first-order chi connectivity index (χ1) is 9.91. The molecule has 1 N–H and O–H groups in total. The van der Waals surface area contributed by atoms with Gasteiger partial charge in [0.05, 0.1) is 18.2 Å². The molecule has 0 bridgehead atoms. The van der Waals surface area contributed by atoms with Gasteiger partial charge >= 0.3 is 6.18 Å². The van der Waals surface area contributed by atoms with Crippen LogP contribution in [0.5, 0.6) is 0 Å². The molecule has 1 fully saturated rings. The van der Waals surface area contributed by atoms with Crippen LogP contribution in [0, 0.1) is 5.92 Å². The van der Waals surface area contributed by atoms with E-state index in [0.29, 0.717) is 18.7 Å². The van der Waals surface area contributed by atoms with Gasteiger partial charge in [-0.2, -0.15) is 13.2 Å². The molecule has 1 heterocycles. The van der Waals surface area contributed by atoms with Crippen molar-refractivity contribution in [3.63, 3.8) is 0 Å². The molecule has 0 radical (unpaired) electrons. The van der Waals surface area contributed by atoms with Gasteiger partial charge in [0.25, 0.3) is 0 Å². The average Bonchev–Trinajstić information content (AvgIpc) is 2.94. The van der Waals surface area contributed by atoms with Gasteiger partial charge in [0.1, 0.15) is 5.76 Å². The summed E-state index contributed by atoms with van der Waals surface area (Å²) in [6.07, 6.45) is 0.0698. The normalized spacial score (nSPS) is 25.0. The summed E-state index contributed by atoms with van der Waals surface area (Å²) in [6, 6.07) is 0.0326. The Hall–Kier alpha value is -1.04. The van der Waals surface area contributed by atoms with Crippen molar-refractivity contribution < 1.29 is 17.6 Å². The third-order valence-electron chi connectivity index (χ3n) is 4.20. The molecule has 21 heavy (non-hydrogen) atoms. The van der Waals surface area contributed by atoms with Crippen molar-refractivity contribution in [2.75, 3.05) is 6.54 Å². The highest BCUT2D eigenvalue weighted by atomic mass is 19.4. The Morgan fingerprint density at radius 1 is 1.33 bits per heavy atom. The van der Waals surface area contributed by atoms with Crippen LogP contribution in [0.25, 0.3) is 0 Å². The zero-order chi connectivity index (χ0) is 15.5. The molecular weight excluding hydrogens is 281 g/mol. The Morgan fingerprint density at radius 2 is 2.00 bits per heavy atom. The largest absolute Gasteiger partial charge is 0.444 e. The quantitative estimate of drug-likeness (QED) is 0.866. The fraction of sp³-hybridized carbons (Fsp3) is 0.800. The van der Waals surface area contributed by atoms with Crippen LogP contribution < -0.4 is 5.32 Å². The smallest absolute Gasteiger partial charge is 0.391 e. The van der Waals surface area contributed by atoms with Crippen LogP contribution >= 0.6 is 0 Å². The zero-order valence-electron chi connectivity index (χ0n) is 12.5. The van der Waals surface area contributed by atoms with E-state index >= 15 is 0 Å². The van der Waals surface area contributed by atoms with E-state index in [1.807, 2.05) is 6.92 Å². The molecule has 2 rings (SSSR count). The van der Waals surface area contributed by atoms with E-state index in [1.54, 1.807) is 6.20 Å². The van der Waals surface area contributed by atoms with Gasteiger partial charge < -0.3 is 9.73 Å². The first-order valence-corrected chi connectivity index (χ1v) is 7.67. The number of rotatable bonds is 5. The minimum Gasteiger partial charge on any atom is -0.444 e. The predicted octanol–water partition coefficient (Wildman–Crippen LogP) is 4.57. The molecule has 6 heteroatoms. The van der Waals surface area contributed by atoms with E-state index in [2.05, 4.69) is 17.2 Å². The second-order valence-electron chi connectivity index (χ2n) is 5.87. The van der Waals surface area contributed by atoms with Gasteiger partial charge in [-0.25, -0.2) is 4.98 Å². The summed E-state index contributed by atoms with van der Waals surface area (Å²) >= 11 is 0. The molecule has 1 unspecified atom stereocenters. The third kappa shape index (κ3) is 4.22. The summed E-state index contributed by atoms with van der Waals surface area (Å²) in [5.41, 5.74) is 0. The van der Waals surface area contributed by atoms with Crippen LogP contribution in [0.3, 0.4) is 0 Å². The Bertz CT molecular complexity index is 436. The molecule has 1 aliphatic carbocycles. The standard InChI is InChI=1S/C15H23F3N2O/c1-3-8-19-10(2)14-20-9-13(21-14)11-4-6-12(7-5-11)15(16,17)18/h9-12,19H,3-8H2,1-2H3. The van der Waals surface area contributed by atoms with Crippen molar-refractivity contribution in [1.29, 1.82) is 0 Å². The highest BCUT2D eigenvalue weighted by molar-refractivity contribution is 5.05. The molecule has 1 aromatic rings. The average molecular weight is 304 g/mol. The fourth-order valence-electron chi connectivity index (χ4n) is 2.84. The fourth-order valence-corrected chi connectivity index (χ4v) is 2.84. The maximum Gasteiger partial charge on any atom is 0.391 e. The molecule has 0 aliphatic heterocycles. The monoisotopic (exact) mass is 304 g/mol. The Morgan fingerprint density at radius 3 is 2.57 bits per heavy atom. The molecule has 3 nitrogen and oxygen atoms in total. The lowest BCUT2D eigenvalue weighted by Crippen LogP contribution is -2.27. The second kappa shape index (κ2) is 6.81. The van der Waals surface area contributed by atoms with Crippen LogP contribution in [-0.2, 0) is 0 Å². The Labute approximate surface area is 123 Å². The number of hydrogen-bond donors (Lipinski definition) is 1. The van der Waals surface area contributed by atoms with Crippen molar-refractivity contribution in [2.45, 2.75) is 64.1 Å². The lowest BCUT2D eigenvalue weighted by Gasteiger charge is -2.28. The van der Waals surface area contributed by atoms with Gasteiger partial charge in [0.15, 0.2) is 0 Å². The number of nitrogens with zero attached hydrogens (tertiary/aromatic N) is 1. The van der Waals surface area contributed by atoms with Crippen molar-refractivity contribution in [3.8, 4) is 0 Å². The molecular formula is C15H23F3N2O. The minimum absolute atomic E-state index is 0.0326. The molecule has 120 valence electrons. The molecule has 0 spiro atoms. The van der Waals surface area contributed by atoms with E-state index in [0.717, 1.165) is 18.7 Å². The van der Waals surface area contributed by atoms with E-state index in [-0.39, 0.29) is 24.8 Å². The van der Waals surface area contributed by atoms with E-state index < -0.39 is 12.1 Å². The number of halogens is 3. The summed E-state index contributed by atoms with van der Waals surface area (Å²) in [5.74, 6) is 0.275. The summed E-state index contributed by atoms with van der Waals surface area (Å²) in [6.45, 7) is 4.95. The summed E-state index contributed by atoms with van der Waals surface area (Å²) < 4.78 is 43.7. The van der Waals surface area contributed by atoms with Crippen LogP contribution in [0.4, 0.5) is 13.2 Å². The number of oxazole rings is 1. The molecule has 1 aliphatic rings. The highest BCUT2D eigenvalue weighted by Gasteiger charge is 2.42. The van der Waals surface area contributed by atoms with Crippen LogP contribution in [0.1, 0.15) is 69.6 Å². The third-order valence-corrected chi connectivity index (χ3v) is 4.20. The van der Waals surface area contributed by atoms with Crippen molar-refractivity contribution in [2.24, 2.45) is 5.92 Å². The summed E-state index contributed by atoms with van der Waals surface area (Å²) in [4.78, 5) is 4.26. The lowest BCUT2D eigenvalue weighted by molar-refractivity contribution is -0.182. The number of nitrogens with one attached hydrogen (secondary N) is 1. The maximum atomic E-state index is 12.7. The minimum atomic E-state index is -4.06. The van der Waals surface area contributed by atoms with E-state index in [4.69, 9.17) is 4.42 Å². The SMILES string of the molecule is CCCNC(C)c1ncc(C2CCC(C(F)(F)F)CC2)o1. The number of aromatic nitrogens is 1. The first kappa shape index (κ1) is 16.3. The number of hydrogen-bond acceptors (Lipinski definition) is 3. The van der Waals surface area contributed by atoms with Crippen molar-refractivity contribution >= 4 is 0 Å². The van der Waals surface area contributed by atoms with Crippen LogP contribution in [0.15, 0.2) is 10.6 Å². The number of alkyl halides is 3. The topological polar surface area (TPSA) is 38.1 Å². The zero-order valence-corrected chi connectivity index (χ0v) is 12.5. The van der Waals surface area contributed by atoms with Crippen molar-refractivity contribution in [3.05, 3.63) is 17.8 Å². The summed E-state index contributed by atoms with van der Waals surface area (Å²) in [7, 11) is 0. The molecule has 0 amide bonds. The summed E-state index contributed by atoms with van der Waals surface area (Å²) in [5, 5.41) is 3.29. The molecule has 0 saturated heterocycles. The maximum absolute atomic E-state index is 12.7. The Kier molecular flexibility index (Phi) is 5.30. The predicted molar refractivity (Wildman–Crippen MR) is 74.0 cm³/mol. The van der Waals surface area contributed by atoms with Crippen LogP contribution in [0.2, 0.25) is 0 Å². The van der Waals surface area contributed by atoms with Crippen LogP contribution in [-0.4, -0.2) is 17.7 Å². The molecule has 1 saturated carbocycles. The van der Waals surface area contributed by atoms with E-state index in [9.17, 15) is 13.2 Å². The van der Waals surface area contributed by atoms with Gasteiger partial charge in [-0.15, -0.1) is 0 Å². The van der Waals surface area contributed by atoms with Gasteiger partial charge in [-0.3, -0.25) is 0 Å². The molecule has 1 aromatic heterocycles. The van der Waals surface area contributed by atoms with Gasteiger partial charge in [-0.1, -0.05) is 6.92 Å². The second-order valence-corrected chi connectivity index (χ2v) is 5.87. The Balaban J connectivity index is 1.91. The lowest BCUT2D eigenvalue weighted by atomic mass is 9.81. The van der Waals surface area contributed by atoms with E-state index in [1.165, 1.54) is 0 Å². The van der Waals surface area contributed by atoms with Gasteiger partial charge in [-0.05, 0) is 45.6 Å². The van der Waals surface area contributed by atoms with Crippen molar-refractivity contribution in [1.82, 2.24) is 10.3 Å². The highest BCUT2D eigenvalue weighted by Crippen LogP contribution is 2.43. The molecule has 1 atom stereocenters. The molecule has 0 aromatic carbocycles.